The summed E-state index contributed by atoms with van der Waals surface area (Å²) < 4.78 is 4.41. The fraction of sp³-hybridized carbons (Fsp3) is 0.500. The smallest absolute Gasteiger partial charge is 0.305 e. The van der Waals surface area contributed by atoms with E-state index in [1.807, 2.05) is 6.07 Å². The van der Waals surface area contributed by atoms with Crippen LogP contribution in [0, 0.1) is 11.3 Å². The summed E-state index contributed by atoms with van der Waals surface area (Å²) in [5, 5.41) is 8.29. The van der Waals surface area contributed by atoms with Crippen molar-refractivity contribution in [3.05, 3.63) is 12.2 Å². The lowest BCUT2D eigenvalue weighted by Gasteiger charge is -1.96. The molecule has 3 nitrogen and oxygen atoms in total. The number of rotatable bonds is 4. The molecule has 0 rings (SSSR count). The van der Waals surface area contributed by atoms with Gasteiger partial charge in [-0.15, -0.1) is 0 Å². The third-order valence-corrected chi connectivity index (χ3v) is 1.25. The molecule has 0 atom stereocenters. The van der Waals surface area contributed by atoms with Gasteiger partial charge in [-0.2, -0.15) is 5.26 Å². The molecule has 3 heteroatoms. The molecular formula is C8H11NO2. The van der Waals surface area contributed by atoms with Crippen molar-refractivity contribution in [2.24, 2.45) is 0 Å². The summed E-state index contributed by atoms with van der Waals surface area (Å²) in [5.74, 6) is -0.240. The van der Waals surface area contributed by atoms with Gasteiger partial charge in [0.15, 0.2) is 0 Å². The van der Waals surface area contributed by atoms with E-state index in [0.29, 0.717) is 24.8 Å². The Morgan fingerprint density at radius 3 is 2.73 bits per heavy atom. The number of ether oxygens (including phenoxy) is 1. The lowest BCUT2D eigenvalue weighted by molar-refractivity contribution is -0.140. The highest BCUT2D eigenvalue weighted by Gasteiger charge is 1.99. The predicted octanol–water partition coefficient (Wildman–Crippen LogP) is 1.41. The third-order valence-electron chi connectivity index (χ3n) is 1.25. The van der Waals surface area contributed by atoms with E-state index < -0.39 is 0 Å². The Kier molecular flexibility index (Phi) is 4.83. The van der Waals surface area contributed by atoms with E-state index in [1.165, 1.54) is 7.11 Å². The van der Waals surface area contributed by atoms with Gasteiger partial charge in [0, 0.05) is 12.0 Å². The van der Waals surface area contributed by atoms with Crippen LogP contribution in [0.25, 0.3) is 0 Å². The van der Waals surface area contributed by atoms with Crippen LogP contribution in [-0.4, -0.2) is 13.1 Å². The number of methoxy groups -OCH3 is 1. The molecule has 11 heavy (non-hydrogen) atoms. The highest BCUT2D eigenvalue weighted by atomic mass is 16.5. The summed E-state index contributed by atoms with van der Waals surface area (Å²) in [6.45, 7) is 3.48. The molecular weight excluding hydrogens is 142 g/mol. The predicted molar refractivity (Wildman–Crippen MR) is 40.6 cm³/mol. The van der Waals surface area contributed by atoms with E-state index in [4.69, 9.17) is 5.26 Å². The van der Waals surface area contributed by atoms with Gasteiger partial charge in [0.05, 0.1) is 13.2 Å². The highest BCUT2D eigenvalue weighted by molar-refractivity contribution is 5.69. The van der Waals surface area contributed by atoms with Gasteiger partial charge in [-0.1, -0.05) is 6.58 Å². The van der Waals surface area contributed by atoms with Crippen molar-refractivity contribution in [1.82, 2.24) is 0 Å². The van der Waals surface area contributed by atoms with Gasteiger partial charge in [0.1, 0.15) is 0 Å². The Morgan fingerprint density at radius 2 is 2.27 bits per heavy atom. The molecule has 0 N–H and O–H groups in total. The Bertz CT molecular complexity index is 191. The molecule has 0 aromatic carbocycles. The van der Waals surface area contributed by atoms with Crippen LogP contribution in [0.5, 0.6) is 0 Å². The first-order chi connectivity index (χ1) is 5.20. The summed E-state index contributed by atoms with van der Waals surface area (Å²) in [6, 6.07) is 1.91. The first kappa shape index (κ1) is 9.70. The average Bonchev–Trinajstić information content (AvgIpc) is 2.04. The lowest BCUT2D eigenvalue weighted by Crippen LogP contribution is -1.99. The van der Waals surface area contributed by atoms with Gasteiger partial charge in [0.2, 0.25) is 0 Å². The SMILES string of the molecule is C=C(C#N)CCCC(=O)OC. The quantitative estimate of drug-likeness (QED) is 0.453. The molecule has 0 spiro atoms. The van der Waals surface area contributed by atoms with Gasteiger partial charge in [0.25, 0.3) is 0 Å². The maximum absolute atomic E-state index is 10.5. The topological polar surface area (TPSA) is 50.1 Å². The zero-order valence-corrected chi connectivity index (χ0v) is 6.59. The zero-order chi connectivity index (χ0) is 8.69. The van der Waals surface area contributed by atoms with Gasteiger partial charge in [-0.3, -0.25) is 4.79 Å². The second-order valence-electron chi connectivity index (χ2n) is 2.15. The average molecular weight is 153 g/mol. The standard InChI is InChI=1S/C8H11NO2/c1-7(6-9)4-3-5-8(10)11-2/h1,3-5H2,2H3. The van der Waals surface area contributed by atoms with E-state index in [-0.39, 0.29) is 5.97 Å². The lowest BCUT2D eigenvalue weighted by atomic mass is 10.1. The molecule has 60 valence electrons. The van der Waals surface area contributed by atoms with Crippen LogP contribution in [0.4, 0.5) is 0 Å². The molecule has 0 aromatic rings. The van der Waals surface area contributed by atoms with Gasteiger partial charge < -0.3 is 4.74 Å². The molecule has 0 aromatic heterocycles. The summed E-state index contributed by atoms with van der Waals surface area (Å²) in [5.41, 5.74) is 0.508. The van der Waals surface area contributed by atoms with Gasteiger partial charge >= 0.3 is 5.97 Å². The van der Waals surface area contributed by atoms with Crippen molar-refractivity contribution < 1.29 is 9.53 Å². The second-order valence-corrected chi connectivity index (χ2v) is 2.15. The number of esters is 1. The summed E-state index contributed by atoms with van der Waals surface area (Å²) >= 11 is 0. The first-order valence-electron chi connectivity index (χ1n) is 3.35. The van der Waals surface area contributed by atoms with E-state index >= 15 is 0 Å². The van der Waals surface area contributed by atoms with E-state index in [2.05, 4.69) is 11.3 Å². The number of hydrogen-bond donors (Lipinski definition) is 0. The van der Waals surface area contributed by atoms with E-state index in [9.17, 15) is 4.79 Å². The maximum atomic E-state index is 10.5. The number of carbonyl (C=O) groups excluding carboxylic acids is 1. The fourth-order valence-corrected chi connectivity index (χ4v) is 0.604. The van der Waals surface area contributed by atoms with Crippen LogP contribution >= 0.6 is 0 Å². The highest BCUT2D eigenvalue weighted by Crippen LogP contribution is 2.03. The molecule has 0 aliphatic carbocycles. The van der Waals surface area contributed by atoms with Crippen LogP contribution in [0.1, 0.15) is 19.3 Å². The first-order valence-corrected chi connectivity index (χ1v) is 3.35. The van der Waals surface area contributed by atoms with Crippen molar-refractivity contribution in [2.75, 3.05) is 7.11 Å². The van der Waals surface area contributed by atoms with E-state index in [0.717, 1.165) is 0 Å². The number of allylic oxidation sites excluding steroid dienone is 1. The van der Waals surface area contributed by atoms with Crippen molar-refractivity contribution in [3.63, 3.8) is 0 Å². The molecule has 0 saturated heterocycles. The minimum atomic E-state index is -0.240. The summed E-state index contributed by atoms with van der Waals surface area (Å²) in [6.07, 6.45) is 1.57. The van der Waals surface area contributed by atoms with Crippen LogP contribution in [0.15, 0.2) is 12.2 Å². The third kappa shape index (κ3) is 5.16. The summed E-state index contributed by atoms with van der Waals surface area (Å²) in [4.78, 5) is 10.5. The molecule has 0 bridgehead atoms. The Hall–Kier alpha value is -1.30. The van der Waals surface area contributed by atoms with Crippen molar-refractivity contribution in [2.45, 2.75) is 19.3 Å². The van der Waals surface area contributed by atoms with E-state index in [1.54, 1.807) is 0 Å². The molecule has 0 saturated carbocycles. The molecule has 0 amide bonds. The van der Waals surface area contributed by atoms with Crippen LogP contribution in [-0.2, 0) is 9.53 Å². The number of hydrogen-bond acceptors (Lipinski definition) is 3. The number of nitrogens with zero attached hydrogens (tertiary/aromatic N) is 1. The van der Waals surface area contributed by atoms with Gasteiger partial charge in [-0.25, -0.2) is 0 Å². The van der Waals surface area contributed by atoms with Crippen LogP contribution in [0.3, 0.4) is 0 Å². The molecule has 0 aliphatic heterocycles. The Labute approximate surface area is 66.3 Å². The maximum Gasteiger partial charge on any atom is 0.305 e. The molecule has 0 heterocycles. The minimum absolute atomic E-state index is 0.240. The molecule has 0 radical (unpaired) electrons. The normalized spacial score (nSPS) is 8.36. The Morgan fingerprint density at radius 1 is 1.64 bits per heavy atom. The molecule has 0 aliphatic rings. The van der Waals surface area contributed by atoms with Crippen molar-refractivity contribution in [1.29, 1.82) is 5.26 Å². The van der Waals surface area contributed by atoms with Crippen molar-refractivity contribution in [3.8, 4) is 6.07 Å². The van der Waals surface area contributed by atoms with Gasteiger partial charge in [-0.05, 0) is 12.8 Å². The number of carbonyl (C=O) groups is 1. The van der Waals surface area contributed by atoms with Crippen LogP contribution < -0.4 is 0 Å². The largest absolute Gasteiger partial charge is 0.469 e. The van der Waals surface area contributed by atoms with Crippen molar-refractivity contribution >= 4 is 5.97 Å². The summed E-state index contributed by atoms with van der Waals surface area (Å²) in [7, 11) is 1.35. The zero-order valence-electron chi connectivity index (χ0n) is 6.59. The fourth-order valence-electron chi connectivity index (χ4n) is 0.604. The molecule has 0 unspecified atom stereocenters. The Balaban J connectivity index is 3.36. The molecule has 0 fully saturated rings. The minimum Gasteiger partial charge on any atom is -0.469 e. The second kappa shape index (κ2) is 5.48. The van der Waals surface area contributed by atoms with Crippen LogP contribution in [0.2, 0.25) is 0 Å². The number of nitriles is 1. The monoisotopic (exact) mass is 153 g/mol.